The van der Waals surface area contributed by atoms with Crippen LogP contribution in [0.4, 0.5) is 4.79 Å². The minimum atomic E-state index is -0.934. The Morgan fingerprint density at radius 1 is 1.25 bits per heavy atom. The number of hydrogen-bond donors (Lipinski definition) is 4. The fraction of sp³-hybridized carbons (Fsp3) is 0.643. The predicted octanol–water partition coefficient (Wildman–Crippen LogP) is 1.64. The molecule has 3 heterocycles. The molecule has 0 radical (unpaired) electrons. The van der Waals surface area contributed by atoms with Crippen molar-refractivity contribution in [3.63, 3.8) is 0 Å². The van der Waals surface area contributed by atoms with Gasteiger partial charge in [0.1, 0.15) is 24.7 Å². The molecule has 4 atom stereocenters. The Hall–Kier alpha value is -3.72. The van der Waals surface area contributed by atoms with Crippen molar-refractivity contribution in [2.24, 2.45) is 11.3 Å². The molecule has 1 aromatic heterocycles. The summed E-state index contributed by atoms with van der Waals surface area (Å²) in [5.74, 6) is -1.26. The normalized spacial score (nSPS) is 19.9. The fourth-order valence-corrected chi connectivity index (χ4v) is 4.47. The number of nitrogens with zero attached hydrogens (tertiary/aromatic N) is 3. The number of aliphatic hydroxyl groups excluding tert-OH is 1. The van der Waals surface area contributed by atoms with Crippen molar-refractivity contribution < 1.29 is 29.0 Å². The first-order valence-corrected chi connectivity index (χ1v) is 13.6. The molecule has 220 valence electrons. The number of nitrogens with one attached hydrogen (secondary N) is 3. The second-order valence-electron chi connectivity index (χ2n) is 11.3. The van der Waals surface area contributed by atoms with Gasteiger partial charge in [-0.05, 0) is 57.1 Å². The van der Waals surface area contributed by atoms with Crippen molar-refractivity contribution in [3.05, 3.63) is 30.1 Å². The standard InChI is InChI=1S/C25H34N6O5.C3H8O/c1-25(2,3)20(30-24(35)36-15-17-7-4-5-10-27-17)23(34)31-12-6-8-19(31)22(33)29-18(14-26)13-16-9-11-28-21(16)32;1-3(2)4/h4-5,7,10,16,18-20H,6,8-9,11-13,15H2,1-3H3,(H,28,32)(H,29,33)(H,30,35);3-4H,1-2H3/t16?,18-,19?,20+;/m0./s1. The van der Waals surface area contributed by atoms with Gasteiger partial charge in [-0.1, -0.05) is 26.8 Å². The van der Waals surface area contributed by atoms with E-state index in [9.17, 15) is 24.4 Å². The summed E-state index contributed by atoms with van der Waals surface area (Å²) in [6, 6.07) is 4.79. The average Bonchev–Trinajstić information content (AvgIpc) is 3.54. The van der Waals surface area contributed by atoms with Gasteiger partial charge < -0.3 is 30.7 Å². The molecule has 0 bridgehead atoms. The molecule has 2 aliphatic heterocycles. The van der Waals surface area contributed by atoms with Crippen LogP contribution in [0.1, 0.15) is 66.0 Å². The number of carbonyl (C=O) groups is 4. The van der Waals surface area contributed by atoms with Gasteiger partial charge in [0.2, 0.25) is 17.7 Å². The summed E-state index contributed by atoms with van der Waals surface area (Å²) < 4.78 is 5.25. The quantitative estimate of drug-likeness (QED) is 0.372. The smallest absolute Gasteiger partial charge is 0.408 e. The Bertz CT molecular complexity index is 1050. The monoisotopic (exact) mass is 558 g/mol. The second-order valence-corrected chi connectivity index (χ2v) is 11.3. The number of hydrogen-bond acceptors (Lipinski definition) is 8. The summed E-state index contributed by atoms with van der Waals surface area (Å²) in [6.07, 6.45) is 2.58. The number of rotatable bonds is 8. The van der Waals surface area contributed by atoms with Gasteiger partial charge in [-0.3, -0.25) is 19.4 Å². The van der Waals surface area contributed by atoms with E-state index in [0.717, 1.165) is 0 Å². The maximum Gasteiger partial charge on any atom is 0.408 e. The molecule has 0 spiro atoms. The maximum absolute atomic E-state index is 13.5. The van der Waals surface area contributed by atoms with Crippen LogP contribution < -0.4 is 16.0 Å². The summed E-state index contributed by atoms with van der Waals surface area (Å²) in [6.45, 7) is 9.78. The van der Waals surface area contributed by atoms with Crippen LogP contribution in [-0.4, -0.2) is 76.1 Å². The number of ether oxygens (including phenoxy) is 1. The highest BCUT2D eigenvalue weighted by Gasteiger charge is 2.42. The van der Waals surface area contributed by atoms with E-state index in [2.05, 4.69) is 27.0 Å². The van der Waals surface area contributed by atoms with Gasteiger partial charge in [0.25, 0.3) is 0 Å². The van der Waals surface area contributed by atoms with E-state index in [1.807, 2.05) is 20.8 Å². The van der Waals surface area contributed by atoms with E-state index in [4.69, 9.17) is 9.84 Å². The molecule has 4 amide bonds. The number of likely N-dealkylation sites (tertiary alicyclic amines) is 1. The summed E-state index contributed by atoms with van der Waals surface area (Å²) >= 11 is 0. The third-order valence-corrected chi connectivity index (χ3v) is 6.45. The van der Waals surface area contributed by atoms with Crippen LogP contribution in [0.2, 0.25) is 0 Å². The van der Waals surface area contributed by atoms with E-state index in [1.54, 1.807) is 38.2 Å². The molecule has 2 aliphatic rings. The number of nitriles is 1. The van der Waals surface area contributed by atoms with Gasteiger partial charge in [-0.25, -0.2) is 4.79 Å². The molecule has 0 aromatic carbocycles. The van der Waals surface area contributed by atoms with E-state index < -0.39 is 41.4 Å². The topological polar surface area (TPSA) is 174 Å². The Morgan fingerprint density at radius 3 is 2.50 bits per heavy atom. The van der Waals surface area contributed by atoms with Crippen LogP contribution in [0.15, 0.2) is 24.4 Å². The summed E-state index contributed by atoms with van der Waals surface area (Å²) in [5.41, 5.74) is -0.0832. The fourth-order valence-electron chi connectivity index (χ4n) is 4.47. The Morgan fingerprint density at radius 2 is 1.95 bits per heavy atom. The zero-order chi connectivity index (χ0) is 29.9. The number of aromatic nitrogens is 1. The van der Waals surface area contributed by atoms with Crippen LogP contribution in [0.25, 0.3) is 0 Å². The Labute approximate surface area is 235 Å². The summed E-state index contributed by atoms with van der Waals surface area (Å²) in [5, 5.41) is 25.7. The van der Waals surface area contributed by atoms with E-state index >= 15 is 0 Å². The van der Waals surface area contributed by atoms with Gasteiger partial charge in [0, 0.05) is 31.3 Å². The molecular weight excluding hydrogens is 516 g/mol. The third kappa shape index (κ3) is 10.1. The van der Waals surface area contributed by atoms with Crippen molar-refractivity contribution >= 4 is 23.8 Å². The van der Waals surface area contributed by atoms with Gasteiger partial charge in [-0.2, -0.15) is 5.26 Å². The highest BCUT2D eigenvalue weighted by molar-refractivity contribution is 5.92. The van der Waals surface area contributed by atoms with Gasteiger partial charge >= 0.3 is 6.09 Å². The lowest BCUT2D eigenvalue weighted by Crippen LogP contribution is -2.58. The molecule has 0 aliphatic carbocycles. The molecule has 2 fully saturated rings. The minimum absolute atomic E-state index is 0.0406. The molecule has 2 unspecified atom stereocenters. The zero-order valence-corrected chi connectivity index (χ0v) is 24.0. The van der Waals surface area contributed by atoms with Gasteiger partial charge in [0.15, 0.2) is 0 Å². The number of alkyl carbamates (subject to hydrolysis) is 1. The Kier molecular flexibility index (Phi) is 12.3. The van der Waals surface area contributed by atoms with Crippen LogP contribution in [0.3, 0.4) is 0 Å². The molecular formula is C28H42N6O6. The van der Waals surface area contributed by atoms with Gasteiger partial charge in [0.05, 0.1) is 11.8 Å². The van der Waals surface area contributed by atoms with Crippen molar-refractivity contribution in [1.29, 1.82) is 5.26 Å². The van der Waals surface area contributed by atoms with E-state index in [-0.39, 0.29) is 31.0 Å². The number of carbonyl (C=O) groups excluding carboxylic acids is 4. The minimum Gasteiger partial charge on any atom is -0.443 e. The lowest BCUT2D eigenvalue weighted by molar-refractivity contribution is -0.142. The van der Waals surface area contributed by atoms with Crippen LogP contribution in [0.5, 0.6) is 0 Å². The van der Waals surface area contributed by atoms with E-state index in [0.29, 0.717) is 38.0 Å². The van der Waals surface area contributed by atoms with Crippen molar-refractivity contribution in [3.8, 4) is 6.07 Å². The lowest BCUT2D eigenvalue weighted by Gasteiger charge is -2.35. The number of pyridine rings is 1. The zero-order valence-electron chi connectivity index (χ0n) is 24.0. The maximum atomic E-state index is 13.5. The molecule has 4 N–H and O–H groups in total. The van der Waals surface area contributed by atoms with Crippen molar-refractivity contribution in [2.45, 2.75) is 91.1 Å². The first kappa shape index (κ1) is 32.5. The molecule has 3 rings (SSSR count). The van der Waals surface area contributed by atoms with E-state index in [1.165, 1.54) is 4.90 Å². The number of aliphatic hydroxyl groups is 1. The highest BCUT2D eigenvalue weighted by Crippen LogP contribution is 2.26. The first-order chi connectivity index (χ1) is 18.8. The number of amides is 4. The molecule has 2 saturated heterocycles. The van der Waals surface area contributed by atoms with Crippen LogP contribution >= 0.6 is 0 Å². The summed E-state index contributed by atoms with van der Waals surface area (Å²) in [7, 11) is 0. The second kappa shape index (κ2) is 15.2. The first-order valence-electron chi connectivity index (χ1n) is 13.6. The average molecular weight is 559 g/mol. The molecule has 0 saturated carbocycles. The van der Waals surface area contributed by atoms with Gasteiger partial charge in [-0.15, -0.1) is 0 Å². The summed E-state index contributed by atoms with van der Waals surface area (Å²) in [4.78, 5) is 56.5. The van der Waals surface area contributed by atoms with Crippen molar-refractivity contribution in [1.82, 2.24) is 25.8 Å². The molecule has 40 heavy (non-hydrogen) atoms. The largest absolute Gasteiger partial charge is 0.443 e. The molecule has 1 aromatic rings. The van der Waals surface area contributed by atoms with Crippen molar-refractivity contribution in [2.75, 3.05) is 13.1 Å². The van der Waals surface area contributed by atoms with Crippen LogP contribution in [0, 0.1) is 22.7 Å². The van der Waals surface area contributed by atoms with Crippen LogP contribution in [-0.2, 0) is 25.7 Å². The molecule has 12 nitrogen and oxygen atoms in total. The SMILES string of the molecule is CC(C)(C)[C@H](NC(=O)OCc1ccccn1)C(=O)N1CCCC1C(=O)N[C@H](C#N)CC1CCNC1=O.CC(C)O. The molecule has 12 heteroatoms. The highest BCUT2D eigenvalue weighted by atomic mass is 16.5. The lowest BCUT2D eigenvalue weighted by atomic mass is 9.85. The predicted molar refractivity (Wildman–Crippen MR) is 146 cm³/mol. The Balaban J connectivity index is 0.00000131. The third-order valence-electron chi connectivity index (χ3n) is 6.45.